The lowest BCUT2D eigenvalue weighted by atomic mass is 9.91. The molecule has 11 heavy (non-hydrogen) atoms. The Morgan fingerprint density at radius 3 is 2.27 bits per heavy atom. The van der Waals surface area contributed by atoms with Crippen molar-refractivity contribution in [2.24, 2.45) is 5.92 Å². The molecule has 0 saturated carbocycles. The van der Waals surface area contributed by atoms with Crippen LogP contribution in [0.3, 0.4) is 0 Å². The van der Waals surface area contributed by atoms with Crippen molar-refractivity contribution in [3.05, 3.63) is 0 Å². The van der Waals surface area contributed by atoms with Crippen molar-refractivity contribution in [3.8, 4) is 0 Å². The quantitative estimate of drug-likeness (QED) is 0.640. The highest BCUT2D eigenvalue weighted by molar-refractivity contribution is 4.76. The molecule has 0 aromatic heterocycles. The second-order valence-electron chi connectivity index (χ2n) is 3.79. The first-order valence-corrected chi connectivity index (χ1v) is 4.59. The van der Waals surface area contributed by atoms with Crippen LogP contribution in [0.5, 0.6) is 0 Å². The van der Waals surface area contributed by atoms with E-state index in [-0.39, 0.29) is 0 Å². The Labute approximate surface area is 70.0 Å². The first-order valence-electron chi connectivity index (χ1n) is 4.59. The minimum Gasteiger partial charge on any atom is -0.317 e. The van der Waals surface area contributed by atoms with Gasteiger partial charge in [0.05, 0.1) is 0 Å². The van der Waals surface area contributed by atoms with Gasteiger partial charge in [-0.2, -0.15) is 0 Å². The maximum Gasteiger partial charge on any atom is 0.00900 e. The van der Waals surface area contributed by atoms with Crippen molar-refractivity contribution >= 4 is 0 Å². The van der Waals surface area contributed by atoms with Gasteiger partial charge < -0.3 is 10.2 Å². The number of nitrogens with zero attached hydrogens (tertiary/aromatic N) is 1. The maximum atomic E-state index is 3.39. The Hall–Kier alpha value is -0.0800. The zero-order valence-corrected chi connectivity index (χ0v) is 7.93. The van der Waals surface area contributed by atoms with E-state index < -0.39 is 0 Å². The smallest absolute Gasteiger partial charge is 0.00900 e. The zero-order valence-electron chi connectivity index (χ0n) is 7.93. The van der Waals surface area contributed by atoms with Crippen molar-refractivity contribution in [1.29, 1.82) is 0 Å². The van der Waals surface area contributed by atoms with Gasteiger partial charge >= 0.3 is 0 Å². The third kappa shape index (κ3) is 2.46. The molecule has 1 N–H and O–H groups in total. The molecular weight excluding hydrogens is 136 g/mol. The molecule has 1 fully saturated rings. The summed E-state index contributed by atoms with van der Waals surface area (Å²) in [6.07, 6.45) is 2.69. The van der Waals surface area contributed by atoms with E-state index in [1.807, 2.05) is 0 Å². The van der Waals surface area contributed by atoms with E-state index in [0.29, 0.717) is 0 Å². The van der Waals surface area contributed by atoms with Crippen LogP contribution in [-0.4, -0.2) is 38.1 Å². The lowest BCUT2D eigenvalue weighted by molar-refractivity contribution is 0.191. The van der Waals surface area contributed by atoms with E-state index in [0.717, 1.165) is 12.0 Å². The molecule has 1 atom stereocenters. The molecule has 1 aliphatic rings. The fourth-order valence-corrected chi connectivity index (χ4v) is 1.75. The van der Waals surface area contributed by atoms with Gasteiger partial charge in [0.2, 0.25) is 0 Å². The van der Waals surface area contributed by atoms with E-state index in [9.17, 15) is 0 Å². The van der Waals surface area contributed by atoms with Crippen LogP contribution < -0.4 is 5.32 Å². The molecule has 2 nitrogen and oxygen atoms in total. The first-order chi connectivity index (χ1) is 5.22. The van der Waals surface area contributed by atoms with Gasteiger partial charge in [-0.3, -0.25) is 0 Å². The molecule has 1 aliphatic heterocycles. The largest absolute Gasteiger partial charge is 0.317 e. The second kappa shape index (κ2) is 4.07. The van der Waals surface area contributed by atoms with Gasteiger partial charge in [-0.25, -0.2) is 0 Å². The number of hydrogen-bond acceptors (Lipinski definition) is 2. The minimum absolute atomic E-state index is 0.747. The van der Waals surface area contributed by atoms with Gasteiger partial charge in [-0.15, -0.1) is 0 Å². The fourth-order valence-electron chi connectivity index (χ4n) is 1.75. The fraction of sp³-hybridized carbons (Fsp3) is 1.00. The highest BCUT2D eigenvalue weighted by Crippen LogP contribution is 2.18. The van der Waals surface area contributed by atoms with Gasteiger partial charge in [-0.05, 0) is 52.9 Å². The average Bonchev–Trinajstić information content (AvgIpc) is 2.05. The van der Waals surface area contributed by atoms with E-state index in [1.165, 1.54) is 25.9 Å². The molecule has 0 aromatic rings. The lowest BCUT2D eigenvalue weighted by Crippen LogP contribution is -2.39. The third-order valence-electron chi connectivity index (χ3n) is 2.88. The summed E-state index contributed by atoms with van der Waals surface area (Å²) in [6.45, 7) is 4.75. The van der Waals surface area contributed by atoms with Crippen molar-refractivity contribution in [2.75, 3.05) is 27.2 Å². The van der Waals surface area contributed by atoms with Crippen molar-refractivity contribution in [1.82, 2.24) is 10.2 Å². The summed E-state index contributed by atoms with van der Waals surface area (Å²) in [5.41, 5.74) is 0. The average molecular weight is 156 g/mol. The molecule has 0 amide bonds. The molecule has 0 aromatic carbocycles. The Morgan fingerprint density at radius 2 is 1.82 bits per heavy atom. The molecule has 0 bridgehead atoms. The summed E-state index contributed by atoms with van der Waals surface area (Å²) in [7, 11) is 4.35. The number of nitrogens with one attached hydrogen (secondary N) is 1. The predicted octanol–water partition coefficient (Wildman–Crippen LogP) is 0.936. The Kier molecular flexibility index (Phi) is 3.34. The van der Waals surface area contributed by atoms with Gasteiger partial charge in [0.1, 0.15) is 0 Å². The molecule has 1 saturated heterocycles. The molecule has 1 unspecified atom stereocenters. The van der Waals surface area contributed by atoms with Crippen LogP contribution in [0, 0.1) is 5.92 Å². The first kappa shape index (κ1) is 9.01. The van der Waals surface area contributed by atoms with E-state index in [1.54, 1.807) is 0 Å². The molecule has 0 spiro atoms. The van der Waals surface area contributed by atoms with Gasteiger partial charge in [0, 0.05) is 6.04 Å². The summed E-state index contributed by atoms with van der Waals surface area (Å²) >= 11 is 0. The van der Waals surface area contributed by atoms with Crippen molar-refractivity contribution in [3.63, 3.8) is 0 Å². The molecule has 1 heterocycles. The van der Waals surface area contributed by atoms with Crippen LogP contribution in [0.4, 0.5) is 0 Å². The molecule has 0 aliphatic carbocycles. The molecule has 2 heteroatoms. The number of rotatable bonds is 2. The number of piperidine rings is 1. The van der Waals surface area contributed by atoms with E-state index in [2.05, 4.69) is 31.2 Å². The standard InChI is InChI=1S/C9H20N2/c1-8(11(2)3)9-4-6-10-7-5-9/h8-10H,4-7H2,1-3H3. The normalized spacial score (nSPS) is 24.0. The summed E-state index contributed by atoms with van der Waals surface area (Å²) in [5.74, 6) is 0.909. The van der Waals surface area contributed by atoms with Crippen LogP contribution in [0.25, 0.3) is 0 Å². The molecule has 0 radical (unpaired) electrons. The zero-order chi connectivity index (χ0) is 8.27. The Morgan fingerprint density at radius 1 is 1.27 bits per heavy atom. The van der Waals surface area contributed by atoms with Gasteiger partial charge in [-0.1, -0.05) is 0 Å². The second-order valence-corrected chi connectivity index (χ2v) is 3.79. The summed E-state index contributed by atoms with van der Waals surface area (Å²) in [6, 6.07) is 0.747. The van der Waals surface area contributed by atoms with E-state index >= 15 is 0 Å². The van der Waals surface area contributed by atoms with Gasteiger partial charge in [0.25, 0.3) is 0 Å². The van der Waals surface area contributed by atoms with Crippen LogP contribution in [0.1, 0.15) is 19.8 Å². The van der Waals surface area contributed by atoms with Crippen molar-refractivity contribution in [2.45, 2.75) is 25.8 Å². The Bertz CT molecular complexity index is 106. The predicted molar refractivity (Wildman–Crippen MR) is 48.7 cm³/mol. The highest BCUT2D eigenvalue weighted by Gasteiger charge is 2.20. The molecule has 66 valence electrons. The SMILES string of the molecule is CC(C1CCNCC1)N(C)C. The van der Waals surface area contributed by atoms with Crippen LogP contribution in [-0.2, 0) is 0 Å². The maximum absolute atomic E-state index is 3.39. The Balaban J connectivity index is 2.32. The van der Waals surface area contributed by atoms with Crippen LogP contribution in [0.15, 0.2) is 0 Å². The highest BCUT2D eigenvalue weighted by atomic mass is 15.1. The summed E-state index contributed by atoms with van der Waals surface area (Å²) in [4.78, 5) is 2.33. The topological polar surface area (TPSA) is 15.3 Å². The van der Waals surface area contributed by atoms with Crippen LogP contribution in [0.2, 0.25) is 0 Å². The third-order valence-corrected chi connectivity index (χ3v) is 2.88. The minimum atomic E-state index is 0.747. The van der Waals surface area contributed by atoms with E-state index in [4.69, 9.17) is 0 Å². The van der Waals surface area contributed by atoms with Crippen LogP contribution >= 0.6 is 0 Å². The summed E-state index contributed by atoms with van der Waals surface area (Å²) < 4.78 is 0. The number of hydrogen-bond donors (Lipinski definition) is 1. The van der Waals surface area contributed by atoms with Gasteiger partial charge in [0.15, 0.2) is 0 Å². The summed E-state index contributed by atoms with van der Waals surface area (Å²) in [5, 5.41) is 3.39. The molecular formula is C9H20N2. The van der Waals surface area contributed by atoms with Crippen molar-refractivity contribution < 1.29 is 0 Å². The lowest BCUT2D eigenvalue weighted by Gasteiger charge is -2.32. The monoisotopic (exact) mass is 156 g/mol. The molecule has 1 rings (SSSR count).